The zero-order valence-corrected chi connectivity index (χ0v) is 16.5. The van der Waals surface area contributed by atoms with Crippen molar-refractivity contribution < 1.29 is 9.63 Å². The molecule has 0 aliphatic carbocycles. The van der Waals surface area contributed by atoms with Crippen molar-refractivity contribution in [1.29, 1.82) is 0 Å². The highest BCUT2D eigenvalue weighted by Crippen LogP contribution is 2.15. The Labute approximate surface area is 169 Å². The normalized spacial score (nSPS) is 15.9. The van der Waals surface area contributed by atoms with E-state index < -0.39 is 0 Å². The molecule has 1 aromatic rings. The molecule has 0 aromatic heterocycles. The van der Waals surface area contributed by atoms with Gasteiger partial charge in [-0.3, -0.25) is 4.79 Å². The molecule has 0 fully saturated rings. The first-order valence-corrected chi connectivity index (χ1v) is 9.30. The molecule has 6 N–H and O–H groups in total. The second-order valence-electron chi connectivity index (χ2n) is 6.16. The molecular weight excluding hydrogens is 382 g/mol. The highest BCUT2D eigenvalue weighted by molar-refractivity contribution is 6.66. The summed E-state index contributed by atoms with van der Waals surface area (Å²) in [6, 6.07) is 9.96. The average Bonchev–Trinajstić information content (AvgIpc) is 2.66. The lowest BCUT2D eigenvalue weighted by Gasteiger charge is -2.30. The summed E-state index contributed by atoms with van der Waals surface area (Å²) in [5, 5.41) is 9.79. The Kier molecular flexibility index (Phi) is 8.41. The van der Waals surface area contributed by atoms with Gasteiger partial charge in [0.2, 0.25) is 11.9 Å². The van der Waals surface area contributed by atoms with Gasteiger partial charge in [0.25, 0.3) is 0 Å². The topological polar surface area (TPSA) is 130 Å². The Morgan fingerprint density at radius 1 is 1.32 bits per heavy atom. The maximum atomic E-state index is 12.1. The number of carbonyl (C=O) groups is 1. The number of nitrogens with one attached hydrogen (secondary N) is 2. The summed E-state index contributed by atoms with van der Waals surface area (Å²) >= 11 is 6.25. The zero-order valence-electron chi connectivity index (χ0n) is 15.8. The standard InChI is InChI=1S/C18H26ClN7O2/c1-13-17(19)24-15(22-8-7-14-5-3-2-4-6-14)11-26(13)12-16(27)23-9-10-28-25-18(20)21/h2-6,11,13,22H,7-10,12H2,1H3,(H,23,27)(H4,20,21,25). The van der Waals surface area contributed by atoms with Crippen LogP contribution in [0.15, 0.2) is 52.5 Å². The number of benzene rings is 1. The monoisotopic (exact) mass is 407 g/mol. The van der Waals surface area contributed by atoms with Crippen LogP contribution in [0.3, 0.4) is 0 Å². The van der Waals surface area contributed by atoms with Crippen LogP contribution in [-0.2, 0) is 16.1 Å². The van der Waals surface area contributed by atoms with Gasteiger partial charge in [0, 0.05) is 12.7 Å². The number of nitrogens with zero attached hydrogens (tertiary/aromatic N) is 3. The van der Waals surface area contributed by atoms with Crippen LogP contribution in [0.1, 0.15) is 12.5 Å². The third kappa shape index (κ3) is 7.36. The molecule has 152 valence electrons. The maximum Gasteiger partial charge on any atom is 0.239 e. The number of hydrogen-bond acceptors (Lipinski definition) is 6. The van der Waals surface area contributed by atoms with Gasteiger partial charge in [-0.2, -0.15) is 0 Å². The van der Waals surface area contributed by atoms with E-state index in [1.54, 1.807) is 6.20 Å². The quantitative estimate of drug-likeness (QED) is 0.191. The molecule has 28 heavy (non-hydrogen) atoms. The van der Waals surface area contributed by atoms with Crippen LogP contribution in [0.25, 0.3) is 0 Å². The fraction of sp³-hybridized carbons (Fsp3) is 0.389. The van der Waals surface area contributed by atoms with Crippen molar-refractivity contribution in [3.8, 4) is 0 Å². The number of guanidine groups is 1. The van der Waals surface area contributed by atoms with Crippen molar-refractivity contribution in [2.75, 3.05) is 26.2 Å². The second-order valence-corrected chi connectivity index (χ2v) is 6.55. The minimum atomic E-state index is -0.190. The van der Waals surface area contributed by atoms with Crippen molar-refractivity contribution in [2.45, 2.75) is 19.4 Å². The van der Waals surface area contributed by atoms with E-state index in [1.165, 1.54) is 5.56 Å². The van der Waals surface area contributed by atoms with E-state index in [2.05, 4.69) is 32.9 Å². The van der Waals surface area contributed by atoms with E-state index >= 15 is 0 Å². The molecular formula is C18H26ClN7O2. The van der Waals surface area contributed by atoms with E-state index in [1.807, 2.05) is 30.0 Å². The highest BCUT2D eigenvalue weighted by Gasteiger charge is 2.22. The van der Waals surface area contributed by atoms with Gasteiger partial charge in [0.15, 0.2) is 0 Å². The first-order chi connectivity index (χ1) is 13.5. The molecule has 0 spiro atoms. The van der Waals surface area contributed by atoms with Crippen LogP contribution in [0.4, 0.5) is 0 Å². The molecule has 0 bridgehead atoms. The fourth-order valence-corrected chi connectivity index (χ4v) is 2.68. The molecule has 1 heterocycles. The summed E-state index contributed by atoms with van der Waals surface area (Å²) in [6.45, 7) is 3.19. The van der Waals surface area contributed by atoms with Crippen molar-refractivity contribution in [3.63, 3.8) is 0 Å². The van der Waals surface area contributed by atoms with Crippen LogP contribution < -0.4 is 22.1 Å². The molecule has 0 radical (unpaired) electrons. The molecule has 1 aliphatic heterocycles. The second kappa shape index (κ2) is 11.0. The summed E-state index contributed by atoms with van der Waals surface area (Å²) in [5.41, 5.74) is 11.5. The summed E-state index contributed by atoms with van der Waals surface area (Å²) in [6.07, 6.45) is 2.66. The number of rotatable bonds is 10. The molecule has 1 unspecified atom stereocenters. The van der Waals surface area contributed by atoms with Crippen molar-refractivity contribution >= 4 is 28.6 Å². The molecule has 10 heteroatoms. The lowest BCUT2D eigenvalue weighted by molar-refractivity contribution is -0.122. The average molecular weight is 408 g/mol. The Morgan fingerprint density at radius 3 is 2.79 bits per heavy atom. The number of hydrogen-bond donors (Lipinski definition) is 4. The molecule has 1 amide bonds. The van der Waals surface area contributed by atoms with E-state index in [4.69, 9.17) is 27.9 Å². The molecule has 1 atom stereocenters. The van der Waals surface area contributed by atoms with Crippen molar-refractivity contribution in [3.05, 3.63) is 47.9 Å². The maximum absolute atomic E-state index is 12.1. The van der Waals surface area contributed by atoms with Crippen LogP contribution >= 0.6 is 11.6 Å². The Hall–Kier alpha value is -2.94. The predicted molar refractivity (Wildman–Crippen MR) is 110 cm³/mol. The Balaban J connectivity index is 1.80. The lowest BCUT2D eigenvalue weighted by Crippen LogP contribution is -2.44. The van der Waals surface area contributed by atoms with Gasteiger partial charge in [0.05, 0.1) is 19.1 Å². The largest absolute Gasteiger partial charge is 0.391 e. The van der Waals surface area contributed by atoms with Gasteiger partial charge in [-0.15, -0.1) is 0 Å². The van der Waals surface area contributed by atoms with E-state index in [9.17, 15) is 4.79 Å². The minimum absolute atomic E-state index is 0.138. The summed E-state index contributed by atoms with van der Waals surface area (Å²) in [4.78, 5) is 23.1. The van der Waals surface area contributed by atoms with Gasteiger partial charge in [-0.05, 0) is 24.1 Å². The summed E-state index contributed by atoms with van der Waals surface area (Å²) < 4.78 is 0. The van der Waals surface area contributed by atoms with Gasteiger partial charge < -0.3 is 31.8 Å². The fourth-order valence-electron chi connectivity index (χ4n) is 2.47. The number of carbonyl (C=O) groups excluding carboxylic acids is 1. The summed E-state index contributed by atoms with van der Waals surface area (Å²) in [7, 11) is 0. The van der Waals surface area contributed by atoms with E-state index in [-0.39, 0.29) is 37.6 Å². The first-order valence-electron chi connectivity index (χ1n) is 8.92. The minimum Gasteiger partial charge on any atom is -0.391 e. The number of oxime groups is 1. The molecule has 0 saturated carbocycles. The smallest absolute Gasteiger partial charge is 0.239 e. The van der Waals surface area contributed by atoms with Crippen molar-refractivity contribution in [1.82, 2.24) is 15.5 Å². The van der Waals surface area contributed by atoms with Crippen LogP contribution in [0.5, 0.6) is 0 Å². The van der Waals surface area contributed by atoms with E-state index in [0.29, 0.717) is 17.5 Å². The van der Waals surface area contributed by atoms with Crippen LogP contribution in [0.2, 0.25) is 0 Å². The molecule has 1 aromatic carbocycles. The van der Waals surface area contributed by atoms with Crippen molar-refractivity contribution in [2.24, 2.45) is 21.6 Å². The molecule has 9 nitrogen and oxygen atoms in total. The number of halogens is 1. The van der Waals surface area contributed by atoms with E-state index in [0.717, 1.165) is 6.42 Å². The Bertz CT molecular complexity index is 733. The Morgan fingerprint density at radius 2 is 2.07 bits per heavy atom. The number of nitrogens with two attached hydrogens (primary N) is 2. The van der Waals surface area contributed by atoms with Gasteiger partial charge in [-0.1, -0.05) is 41.9 Å². The molecule has 1 aliphatic rings. The lowest BCUT2D eigenvalue weighted by atomic mass is 10.1. The number of amides is 1. The van der Waals surface area contributed by atoms with Gasteiger partial charge in [0.1, 0.15) is 17.6 Å². The van der Waals surface area contributed by atoms with Gasteiger partial charge >= 0.3 is 0 Å². The third-order valence-corrected chi connectivity index (χ3v) is 4.33. The number of aliphatic imine (C=N–C) groups is 1. The molecule has 0 saturated heterocycles. The highest BCUT2D eigenvalue weighted by atomic mass is 35.5. The van der Waals surface area contributed by atoms with Gasteiger partial charge in [-0.25, -0.2) is 4.99 Å². The SMILES string of the molecule is CC1C(Cl)=NC(NCCc2ccccc2)=CN1CC(=O)NCCON=C(N)N. The van der Waals surface area contributed by atoms with Crippen LogP contribution in [-0.4, -0.2) is 54.2 Å². The zero-order chi connectivity index (χ0) is 20.4. The van der Waals surface area contributed by atoms with Crippen LogP contribution in [0, 0.1) is 0 Å². The third-order valence-electron chi connectivity index (χ3n) is 3.93. The molecule has 2 rings (SSSR count). The first kappa shape index (κ1) is 21.4. The predicted octanol–water partition coefficient (Wildman–Crippen LogP) is 0.280. The summed E-state index contributed by atoms with van der Waals surface area (Å²) in [5.74, 6) is 0.286.